The number of thiazole rings is 1. The van der Waals surface area contributed by atoms with Crippen LogP contribution in [0.4, 0.5) is 0 Å². The molecule has 48 heavy (non-hydrogen) atoms. The lowest BCUT2D eigenvalue weighted by atomic mass is 9.93. The van der Waals surface area contributed by atoms with E-state index in [2.05, 4.69) is 15.9 Å². The van der Waals surface area contributed by atoms with E-state index in [4.69, 9.17) is 35.5 Å². The number of hydrogen-bond donors (Lipinski definition) is 0. The Morgan fingerprint density at radius 1 is 0.958 bits per heavy atom. The molecule has 4 aromatic carbocycles. The lowest BCUT2D eigenvalue weighted by Crippen LogP contribution is -2.40. The minimum absolute atomic E-state index is 0.144. The van der Waals surface area contributed by atoms with Crippen molar-refractivity contribution in [2.45, 2.75) is 19.6 Å². The second-order valence-corrected chi connectivity index (χ2v) is 13.0. The lowest BCUT2D eigenvalue weighted by Gasteiger charge is -2.26. The van der Waals surface area contributed by atoms with Crippen LogP contribution in [0.1, 0.15) is 35.2 Å². The summed E-state index contributed by atoms with van der Waals surface area (Å²) < 4.78 is 25.7. The van der Waals surface area contributed by atoms with Crippen LogP contribution < -0.4 is 29.1 Å². The molecule has 1 atom stereocenters. The van der Waals surface area contributed by atoms with Crippen molar-refractivity contribution in [2.24, 2.45) is 4.99 Å². The molecule has 11 heteroatoms. The predicted octanol–water partition coefficient (Wildman–Crippen LogP) is 6.95. The molecular weight excluding hydrogens is 716 g/mol. The largest absolute Gasteiger partial charge is 0.493 e. The number of benzene rings is 4. The number of rotatable bonds is 10. The zero-order chi connectivity index (χ0) is 33.8. The van der Waals surface area contributed by atoms with Crippen molar-refractivity contribution in [3.05, 3.63) is 148 Å². The Bertz CT molecular complexity index is 2200. The number of hydrogen-bond acceptors (Lipinski definition) is 8. The fourth-order valence-corrected chi connectivity index (χ4v) is 6.86. The molecule has 0 saturated carbocycles. The molecule has 0 spiro atoms. The molecule has 6 rings (SSSR count). The van der Waals surface area contributed by atoms with E-state index in [-0.39, 0.29) is 17.7 Å². The number of halogens is 2. The fraction of sp³-hybridized carbons (Fsp3) is 0.162. The van der Waals surface area contributed by atoms with Gasteiger partial charge in [-0.3, -0.25) is 9.36 Å². The van der Waals surface area contributed by atoms with Gasteiger partial charge in [0.05, 0.1) is 42.7 Å². The Balaban J connectivity index is 1.56. The molecule has 1 aromatic heterocycles. The van der Waals surface area contributed by atoms with E-state index in [0.29, 0.717) is 60.6 Å². The van der Waals surface area contributed by atoms with Gasteiger partial charge in [-0.25, -0.2) is 9.79 Å². The monoisotopic (exact) mass is 744 g/mol. The maximum atomic E-state index is 14.4. The van der Waals surface area contributed by atoms with Crippen molar-refractivity contribution in [3.63, 3.8) is 0 Å². The van der Waals surface area contributed by atoms with Gasteiger partial charge in [-0.05, 0) is 66.6 Å². The molecule has 1 aliphatic rings. The summed E-state index contributed by atoms with van der Waals surface area (Å²) in [5.41, 5.74) is 3.24. The number of esters is 1. The average molecular weight is 746 g/mol. The Morgan fingerprint density at radius 2 is 1.69 bits per heavy atom. The summed E-state index contributed by atoms with van der Waals surface area (Å²) in [7, 11) is 3.08. The highest BCUT2D eigenvalue weighted by atomic mass is 79.9. The first-order valence-electron chi connectivity index (χ1n) is 15.0. The number of fused-ring (bicyclic) bond motifs is 1. The van der Waals surface area contributed by atoms with E-state index >= 15 is 0 Å². The summed E-state index contributed by atoms with van der Waals surface area (Å²) in [6.07, 6.45) is 1.74. The molecule has 0 unspecified atom stereocenters. The Labute approximate surface area is 294 Å². The molecule has 0 aliphatic carbocycles. The first kappa shape index (κ1) is 33.3. The topological polar surface area (TPSA) is 88.4 Å². The molecule has 5 aromatic rings. The summed E-state index contributed by atoms with van der Waals surface area (Å²) in [6, 6.07) is 26.9. The van der Waals surface area contributed by atoms with Crippen LogP contribution in [0.25, 0.3) is 11.8 Å². The molecule has 8 nitrogen and oxygen atoms in total. The standard InChI is InChI=1S/C37H30BrClN2O6S/c1-4-46-36(43)32-33(23-8-6-5-7-9-23)40-37-41(34(32)24-12-16-29(44-2)30(19-24)45-3)35(42)31(48-37)20-25-18-27(39)15-17-28(25)47-21-22-10-13-26(38)14-11-22/h5-20,34H,4,21H2,1-3H3/b31-20-/t34-/m0/s1. The zero-order valence-corrected chi connectivity index (χ0v) is 29.4. The minimum Gasteiger partial charge on any atom is -0.493 e. The SMILES string of the molecule is CCOC(=O)C1=C(c2ccccc2)N=c2s/c(=C\c3cc(Cl)ccc3OCc3ccc(Br)cc3)c(=O)n2[C@H]1c1ccc(OC)c(OC)c1. The first-order chi connectivity index (χ1) is 23.3. The van der Waals surface area contributed by atoms with E-state index < -0.39 is 12.0 Å². The highest BCUT2D eigenvalue weighted by molar-refractivity contribution is 9.10. The number of nitrogens with zero attached hydrogens (tertiary/aromatic N) is 2. The third-order valence-corrected chi connectivity index (χ3v) is 9.41. The van der Waals surface area contributed by atoms with Gasteiger partial charge in [-0.2, -0.15) is 0 Å². The normalized spacial score (nSPS) is 14.3. The van der Waals surface area contributed by atoms with Crippen LogP contribution in [0.5, 0.6) is 17.2 Å². The van der Waals surface area contributed by atoms with E-state index in [1.54, 1.807) is 50.4 Å². The van der Waals surface area contributed by atoms with E-state index in [9.17, 15) is 9.59 Å². The van der Waals surface area contributed by atoms with Crippen molar-refractivity contribution >= 4 is 56.6 Å². The van der Waals surface area contributed by atoms with E-state index in [0.717, 1.165) is 10.0 Å². The number of aromatic nitrogens is 1. The van der Waals surface area contributed by atoms with Gasteiger partial charge in [0.2, 0.25) is 0 Å². The van der Waals surface area contributed by atoms with Crippen LogP contribution in [0.3, 0.4) is 0 Å². The van der Waals surface area contributed by atoms with Gasteiger partial charge in [-0.1, -0.05) is 87.4 Å². The van der Waals surface area contributed by atoms with Crippen LogP contribution in [0.2, 0.25) is 5.02 Å². The Hall–Kier alpha value is -4.64. The molecule has 0 fully saturated rings. The number of carbonyl (C=O) groups excluding carboxylic acids is 1. The number of ether oxygens (including phenoxy) is 4. The van der Waals surface area contributed by atoms with Crippen molar-refractivity contribution in [3.8, 4) is 17.2 Å². The fourth-order valence-electron chi connectivity index (χ4n) is 5.43. The molecule has 0 bridgehead atoms. The number of methoxy groups -OCH3 is 2. The van der Waals surface area contributed by atoms with E-state index in [1.807, 2.05) is 60.7 Å². The molecule has 0 radical (unpaired) electrons. The first-order valence-corrected chi connectivity index (χ1v) is 17.0. The Kier molecular flexibility index (Phi) is 10.1. The highest BCUT2D eigenvalue weighted by Gasteiger charge is 2.35. The van der Waals surface area contributed by atoms with Crippen LogP contribution in [0, 0.1) is 0 Å². The summed E-state index contributed by atoms with van der Waals surface area (Å²) in [5, 5.41) is 0.490. The average Bonchev–Trinajstić information content (AvgIpc) is 3.41. The maximum absolute atomic E-state index is 14.4. The molecule has 2 heterocycles. The summed E-state index contributed by atoms with van der Waals surface area (Å²) in [5.74, 6) is 0.940. The van der Waals surface area contributed by atoms with Gasteiger partial charge in [0.15, 0.2) is 16.3 Å². The second kappa shape index (κ2) is 14.6. The molecule has 0 saturated heterocycles. The summed E-state index contributed by atoms with van der Waals surface area (Å²) in [6.45, 7) is 2.20. The second-order valence-electron chi connectivity index (χ2n) is 10.6. The van der Waals surface area contributed by atoms with Crippen molar-refractivity contribution < 1.29 is 23.7 Å². The molecule has 0 amide bonds. The van der Waals surface area contributed by atoms with Crippen LogP contribution >= 0.6 is 38.9 Å². The quantitative estimate of drug-likeness (QED) is 0.144. The maximum Gasteiger partial charge on any atom is 0.338 e. The van der Waals surface area contributed by atoms with Gasteiger partial charge in [0.25, 0.3) is 5.56 Å². The van der Waals surface area contributed by atoms with Crippen LogP contribution in [-0.2, 0) is 16.1 Å². The summed E-state index contributed by atoms with van der Waals surface area (Å²) in [4.78, 5) is 33.6. The molecule has 244 valence electrons. The minimum atomic E-state index is -0.884. The lowest BCUT2D eigenvalue weighted by molar-refractivity contribution is -0.138. The van der Waals surface area contributed by atoms with E-state index in [1.165, 1.54) is 23.0 Å². The van der Waals surface area contributed by atoms with Gasteiger partial charge in [0, 0.05) is 20.6 Å². The van der Waals surface area contributed by atoms with Crippen molar-refractivity contribution in [2.75, 3.05) is 20.8 Å². The third kappa shape index (κ3) is 6.82. The molecule has 1 aliphatic heterocycles. The van der Waals surface area contributed by atoms with Crippen LogP contribution in [-0.4, -0.2) is 31.4 Å². The van der Waals surface area contributed by atoms with Gasteiger partial charge in [-0.15, -0.1) is 0 Å². The van der Waals surface area contributed by atoms with Crippen LogP contribution in [0.15, 0.2) is 111 Å². The van der Waals surface area contributed by atoms with Gasteiger partial charge in [0.1, 0.15) is 12.4 Å². The zero-order valence-electron chi connectivity index (χ0n) is 26.2. The third-order valence-electron chi connectivity index (χ3n) is 7.66. The number of carbonyl (C=O) groups is 1. The Morgan fingerprint density at radius 3 is 2.40 bits per heavy atom. The molecular formula is C37H30BrClN2O6S. The predicted molar refractivity (Wildman–Crippen MR) is 191 cm³/mol. The molecule has 0 N–H and O–H groups in total. The summed E-state index contributed by atoms with van der Waals surface area (Å²) >= 11 is 11.1. The highest BCUT2D eigenvalue weighted by Crippen LogP contribution is 2.38. The van der Waals surface area contributed by atoms with Gasteiger partial charge >= 0.3 is 5.97 Å². The van der Waals surface area contributed by atoms with Gasteiger partial charge < -0.3 is 18.9 Å². The van der Waals surface area contributed by atoms with Crippen molar-refractivity contribution in [1.29, 1.82) is 0 Å². The van der Waals surface area contributed by atoms with Crippen molar-refractivity contribution in [1.82, 2.24) is 4.57 Å². The smallest absolute Gasteiger partial charge is 0.338 e.